The molecule has 2 rings (SSSR count). The SMILES string of the molecule is CCc1ccsc1C(N)Cc1ccc(C(C)C)cc1. The summed E-state index contributed by atoms with van der Waals surface area (Å²) in [4.78, 5) is 1.34. The summed E-state index contributed by atoms with van der Waals surface area (Å²) in [6.45, 7) is 6.63. The largest absolute Gasteiger partial charge is 0.323 e. The Morgan fingerprint density at radius 3 is 2.37 bits per heavy atom. The van der Waals surface area contributed by atoms with E-state index in [1.165, 1.54) is 21.6 Å². The predicted octanol–water partition coefficient (Wildman–Crippen LogP) is 4.68. The van der Waals surface area contributed by atoms with Crippen LogP contribution in [0.15, 0.2) is 35.7 Å². The van der Waals surface area contributed by atoms with Crippen LogP contribution >= 0.6 is 11.3 Å². The van der Waals surface area contributed by atoms with Gasteiger partial charge in [0.2, 0.25) is 0 Å². The van der Waals surface area contributed by atoms with Gasteiger partial charge in [0.25, 0.3) is 0 Å². The van der Waals surface area contributed by atoms with E-state index in [0.29, 0.717) is 5.92 Å². The van der Waals surface area contributed by atoms with Gasteiger partial charge >= 0.3 is 0 Å². The quantitative estimate of drug-likeness (QED) is 0.841. The molecule has 1 aromatic carbocycles. The molecule has 0 aliphatic carbocycles. The van der Waals surface area contributed by atoms with Gasteiger partial charge in [-0.2, -0.15) is 0 Å². The maximum absolute atomic E-state index is 6.36. The summed E-state index contributed by atoms with van der Waals surface area (Å²) in [5.41, 5.74) is 10.5. The zero-order chi connectivity index (χ0) is 13.8. The summed E-state index contributed by atoms with van der Waals surface area (Å²) >= 11 is 1.78. The Bertz CT molecular complexity index is 510. The van der Waals surface area contributed by atoms with Crippen LogP contribution in [0, 0.1) is 0 Å². The van der Waals surface area contributed by atoms with E-state index in [1.54, 1.807) is 11.3 Å². The summed E-state index contributed by atoms with van der Waals surface area (Å²) in [7, 11) is 0. The molecule has 1 unspecified atom stereocenters. The molecule has 0 aliphatic heterocycles. The van der Waals surface area contributed by atoms with Gasteiger partial charge in [0, 0.05) is 10.9 Å². The van der Waals surface area contributed by atoms with Gasteiger partial charge in [-0.1, -0.05) is 45.0 Å². The Labute approximate surface area is 120 Å². The Morgan fingerprint density at radius 1 is 1.11 bits per heavy atom. The minimum atomic E-state index is 0.125. The van der Waals surface area contributed by atoms with Gasteiger partial charge in [-0.3, -0.25) is 0 Å². The molecule has 0 saturated heterocycles. The second-order valence-corrected chi connectivity index (χ2v) is 6.32. The third kappa shape index (κ3) is 3.46. The fourth-order valence-electron chi connectivity index (χ4n) is 2.35. The minimum Gasteiger partial charge on any atom is -0.323 e. The van der Waals surface area contributed by atoms with E-state index in [9.17, 15) is 0 Å². The maximum Gasteiger partial charge on any atom is 0.0433 e. The third-order valence-corrected chi connectivity index (χ3v) is 4.69. The average molecular weight is 273 g/mol. The number of rotatable bonds is 5. The van der Waals surface area contributed by atoms with Gasteiger partial charge in [0.15, 0.2) is 0 Å². The Balaban J connectivity index is 2.08. The molecular formula is C17H23NS. The molecule has 0 amide bonds. The van der Waals surface area contributed by atoms with Crippen molar-refractivity contribution in [2.24, 2.45) is 5.73 Å². The number of hydrogen-bond donors (Lipinski definition) is 1. The van der Waals surface area contributed by atoms with E-state index in [4.69, 9.17) is 5.73 Å². The van der Waals surface area contributed by atoms with Crippen molar-refractivity contribution in [1.29, 1.82) is 0 Å². The number of aryl methyl sites for hydroxylation is 1. The molecule has 1 nitrogen and oxygen atoms in total. The molecule has 0 spiro atoms. The fourth-order valence-corrected chi connectivity index (χ4v) is 3.35. The number of nitrogens with two attached hydrogens (primary N) is 1. The minimum absolute atomic E-state index is 0.125. The first-order valence-corrected chi connectivity index (χ1v) is 7.90. The van der Waals surface area contributed by atoms with Gasteiger partial charge in [-0.25, -0.2) is 0 Å². The normalized spacial score (nSPS) is 12.9. The molecule has 0 bridgehead atoms. The second-order valence-electron chi connectivity index (χ2n) is 5.37. The zero-order valence-electron chi connectivity index (χ0n) is 12.0. The zero-order valence-corrected chi connectivity index (χ0v) is 12.8. The lowest BCUT2D eigenvalue weighted by Gasteiger charge is -2.13. The van der Waals surface area contributed by atoms with E-state index in [1.807, 2.05) is 0 Å². The fraction of sp³-hybridized carbons (Fsp3) is 0.412. The van der Waals surface area contributed by atoms with Gasteiger partial charge in [-0.15, -0.1) is 11.3 Å². The lowest BCUT2D eigenvalue weighted by molar-refractivity contribution is 0.727. The van der Waals surface area contributed by atoms with E-state index in [-0.39, 0.29) is 6.04 Å². The van der Waals surface area contributed by atoms with Crippen LogP contribution in [0.1, 0.15) is 54.3 Å². The standard InChI is InChI=1S/C17H23NS/c1-4-14-9-10-19-17(14)16(18)11-13-5-7-15(8-6-13)12(2)3/h5-10,12,16H,4,11,18H2,1-3H3. The maximum atomic E-state index is 6.36. The van der Waals surface area contributed by atoms with Crippen LogP contribution in [0.5, 0.6) is 0 Å². The third-order valence-electron chi connectivity index (χ3n) is 3.60. The first-order valence-electron chi connectivity index (χ1n) is 7.02. The summed E-state index contributed by atoms with van der Waals surface area (Å²) in [5, 5.41) is 2.15. The lowest BCUT2D eigenvalue weighted by atomic mass is 9.98. The highest BCUT2D eigenvalue weighted by Crippen LogP contribution is 2.26. The van der Waals surface area contributed by atoms with Crippen LogP contribution in [-0.4, -0.2) is 0 Å². The van der Waals surface area contributed by atoms with E-state index in [0.717, 1.165) is 12.8 Å². The molecule has 102 valence electrons. The predicted molar refractivity (Wildman–Crippen MR) is 84.9 cm³/mol. The second kappa shape index (κ2) is 6.36. The highest BCUT2D eigenvalue weighted by molar-refractivity contribution is 7.10. The van der Waals surface area contributed by atoms with Crippen molar-refractivity contribution in [2.45, 2.75) is 45.6 Å². The van der Waals surface area contributed by atoms with Gasteiger partial charge in [0.1, 0.15) is 0 Å². The molecule has 2 N–H and O–H groups in total. The van der Waals surface area contributed by atoms with Crippen LogP contribution in [0.4, 0.5) is 0 Å². The van der Waals surface area contributed by atoms with Crippen molar-refractivity contribution >= 4 is 11.3 Å². The van der Waals surface area contributed by atoms with Crippen molar-refractivity contribution in [1.82, 2.24) is 0 Å². The molecule has 2 aromatic rings. The molecule has 0 aliphatic rings. The topological polar surface area (TPSA) is 26.0 Å². The summed E-state index contributed by atoms with van der Waals surface area (Å²) in [5.74, 6) is 0.590. The molecule has 2 heteroatoms. The average Bonchev–Trinajstić information content (AvgIpc) is 2.87. The van der Waals surface area contributed by atoms with Crippen LogP contribution in [-0.2, 0) is 12.8 Å². The van der Waals surface area contributed by atoms with Crippen molar-refractivity contribution in [3.05, 3.63) is 57.3 Å². The summed E-state index contributed by atoms with van der Waals surface area (Å²) < 4.78 is 0. The molecule has 0 radical (unpaired) electrons. The van der Waals surface area contributed by atoms with E-state index >= 15 is 0 Å². The Hall–Kier alpha value is -1.12. The molecule has 0 fully saturated rings. The van der Waals surface area contributed by atoms with Gasteiger partial charge < -0.3 is 5.73 Å². The molecule has 0 saturated carbocycles. The number of thiophene rings is 1. The van der Waals surface area contributed by atoms with Crippen molar-refractivity contribution in [3.8, 4) is 0 Å². The van der Waals surface area contributed by atoms with Gasteiger partial charge in [-0.05, 0) is 46.9 Å². The lowest BCUT2D eigenvalue weighted by Crippen LogP contribution is -2.13. The van der Waals surface area contributed by atoms with E-state index in [2.05, 4.69) is 56.5 Å². The monoisotopic (exact) mass is 273 g/mol. The molecule has 19 heavy (non-hydrogen) atoms. The van der Waals surface area contributed by atoms with Crippen LogP contribution in [0.25, 0.3) is 0 Å². The Morgan fingerprint density at radius 2 is 1.79 bits per heavy atom. The van der Waals surface area contributed by atoms with Crippen LogP contribution in [0.3, 0.4) is 0 Å². The van der Waals surface area contributed by atoms with E-state index < -0.39 is 0 Å². The summed E-state index contributed by atoms with van der Waals surface area (Å²) in [6, 6.07) is 11.2. The number of hydrogen-bond acceptors (Lipinski definition) is 2. The first-order chi connectivity index (χ1) is 9.11. The first kappa shape index (κ1) is 14.3. The molecule has 1 atom stereocenters. The molecule has 1 aromatic heterocycles. The smallest absolute Gasteiger partial charge is 0.0433 e. The van der Waals surface area contributed by atoms with Crippen LogP contribution < -0.4 is 5.73 Å². The van der Waals surface area contributed by atoms with Crippen molar-refractivity contribution in [3.63, 3.8) is 0 Å². The Kier molecular flexibility index (Phi) is 4.78. The van der Waals surface area contributed by atoms with Crippen molar-refractivity contribution < 1.29 is 0 Å². The van der Waals surface area contributed by atoms with Crippen LogP contribution in [0.2, 0.25) is 0 Å². The molecule has 1 heterocycles. The summed E-state index contributed by atoms with van der Waals surface area (Å²) in [6.07, 6.45) is 1.99. The molecular weight excluding hydrogens is 250 g/mol. The highest BCUT2D eigenvalue weighted by atomic mass is 32.1. The van der Waals surface area contributed by atoms with Gasteiger partial charge in [0.05, 0.1) is 0 Å². The number of benzene rings is 1. The highest BCUT2D eigenvalue weighted by Gasteiger charge is 2.12. The van der Waals surface area contributed by atoms with Crippen molar-refractivity contribution in [2.75, 3.05) is 0 Å².